The van der Waals surface area contributed by atoms with Crippen LogP contribution in [0.25, 0.3) is 0 Å². The van der Waals surface area contributed by atoms with Gasteiger partial charge >= 0.3 is 0 Å². The number of ether oxygens (including phenoxy) is 1. The molecule has 2 saturated heterocycles. The Balaban J connectivity index is 1.68. The number of aromatic nitrogens is 2. The highest BCUT2D eigenvalue weighted by atomic mass is 19.3. The predicted octanol–water partition coefficient (Wildman–Crippen LogP) is 1.80. The molecule has 3 heterocycles. The van der Waals surface area contributed by atoms with Crippen molar-refractivity contribution < 1.29 is 18.3 Å². The molecule has 1 atom stereocenters. The highest BCUT2D eigenvalue weighted by molar-refractivity contribution is 5.80. The van der Waals surface area contributed by atoms with Gasteiger partial charge in [0.2, 0.25) is 11.9 Å². The molecule has 8 heteroatoms. The summed E-state index contributed by atoms with van der Waals surface area (Å²) in [7, 11) is 0. The van der Waals surface area contributed by atoms with E-state index in [4.69, 9.17) is 4.74 Å². The normalized spacial score (nSPS) is 22.3. The van der Waals surface area contributed by atoms with Gasteiger partial charge in [-0.2, -0.15) is 0 Å². The van der Waals surface area contributed by atoms with Gasteiger partial charge in [0, 0.05) is 45.1 Å². The Kier molecular flexibility index (Phi) is 5.23. The summed E-state index contributed by atoms with van der Waals surface area (Å²) in [6.45, 7) is 1.19. The summed E-state index contributed by atoms with van der Waals surface area (Å²) >= 11 is 0. The number of nitrogens with one attached hydrogen (secondary N) is 1. The summed E-state index contributed by atoms with van der Waals surface area (Å²) in [5, 5.41) is 3.07. The van der Waals surface area contributed by atoms with Crippen LogP contribution in [0.1, 0.15) is 19.3 Å². The Morgan fingerprint density at radius 2 is 2.08 bits per heavy atom. The first-order valence-electron chi connectivity index (χ1n) is 8.30. The van der Waals surface area contributed by atoms with E-state index >= 15 is 0 Å². The highest BCUT2D eigenvalue weighted by Gasteiger charge is 2.43. The molecule has 1 unspecified atom stereocenters. The minimum Gasteiger partial charge on any atom is -0.381 e. The van der Waals surface area contributed by atoms with Crippen LogP contribution in [0.5, 0.6) is 0 Å². The highest BCUT2D eigenvalue weighted by Crippen LogP contribution is 2.31. The fourth-order valence-electron chi connectivity index (χ4n) is 3.32. The van der Waals surface area contributed by atoms with E-state index in [2.05, 4.69) is 15.3 Å². The average molecular weight is 340 g/mol. The van der Waals surface area contributed by atoms with E-state index in [9.17, 15) is 13.6 Å². The van der Waals surface area contributed by atoms with Crippen LogP contribution < -0.4 is 5.32 Å². The summed E-state index contributed by atoms with van der Waals surface area (Å²) in [6.07, 6.45) is 4.49. The Labute approximate surface area is 139 Å². The van der Waals surface area contributed by atoms with E-state index in [1.807, 2.05) is 0 Å². The fraction of sp³-hybridized carbons (Fsp3) is 0.688. The molecule has 132 valence electrons. The van der Waals surface area contributed by atoms with Crippen LogP contribution in [0, 0.1) is 11.8 Å². The van der Waals surface area contributed by atoms with Crippen LogP contribution in [0.4, 0.5) is 14.7 Å². The smallest absolute Gasteiger partial charge is 0.267 e. The van der Waals surface area contributed by atoms with E-state index in [-0.39, 0.29) is 30.7 Å². The molecule has 0 radical (unpaired) electrons. The molecule has 2 aliphatic heterocycles. The molecular weight excluding hydrogens is 318 g/mol. The molecule has 1 aromatic rings. The SMILES string of the molecule is O=C(C(CNc1ncccn1)C1CCOCC1)N1CCC(F)(F)C1. The lowest BCUT2D eigenvalue weighted by Gasteiger charge is -2.32. The summed E-state index contributed by atoms with van der Waals surface area (Å²) in [5.41, 5.74) is 0. The summed E-state index contributed by atoms with van der Waals surface area (Å²) < 4.78 is 32.3. The number of rotatable bonds is 5. The Morgan fingerprint density at radius 1 is 1.38 bits per heavy atom. The maximum Gasteiger partial charge on any atom is 0.267 e. The maximum atomic E-state index is 13.5. The number of carbonyl (C=O) groups is 1. The molecule has 2 fully saturated rings. The second-order valence-corrected chi connectivity index (χ2v) is 6.38. The molecule has 0 spiro atoms. The lowest BCUT2D eigenvalue weighted by Crippen LogP contribution is -2.43. The number of hydrogen-bond donors (Lipinski definition) is 1. The standard InChI is InChI=1S/C16H22F2N4O2/c17-16(18)4-7-22(11-16)14(23)13(12-2-8-24-9-3-12)10-21-15-19-5-1-6-20-15/h1,5-6,12-13H,2-4,7-11H2,(H,19,20,21). The zero-order valence-corrected chi connectivity index (χ0v) is 13.5. The molecule has 24 heavy (non-hydrogen) atoms. The minimum absolute atomic E-state index is 0.118. The molecule has 0 saturated carbocycles. The molecule has 3 rings (SSSR count). The van der Waals surface area contributed by atoms with Crippen LogP contribution in [0.3, 0.4) is 0 Å². The van der Waals surface area contributed by atoms with Gasteiger partial charge in [-0.3, -0.25) is 4.79 Å². The van der Waals surface area contributed by atoms with Crippen LogP contribution in [-0.4, -0.2) is 59.5 Å². The number of likely N-dealkylation sites (tertiary alicyclic amines) is 1. The number of amides is 1. The van der Waals surface area contributed by atoms with Gasteiger partial charge in [0.25, 0.3) is 5.92 Å². The molecule has 0 aliphatic carbocycles. The fourth-order valence-corrected chi connectivity index (χ4v) is 3.32. The van der Waals surface area contributed by atoms with E-state index in [0.29, 0.717) is 25.7 Å². The summed E-state index contributed by atoms with van der Waals surface area (Å²) in [6, 6.07) is 1.71. The van der Waals surface area contributed by atoms with Crippen molar-refractivity contribution in [3.8, 4) is 0 Å². The zero-order chi connectivity index (χ0) is 17.0. The van der Waals surface area contributed by atoms with Gasteiger partial charge in [0.1, 0.15) is 0 Å². The largest absolute Gasteiger partial charge is 0.381 e. The quantitative estimate of drug-likeness (QED) is 0.885. The average Bonchev–Trinajstić information content (AvgIpc) is 2.97. The van der Waals surface area contributed by atoms with Crippen LogP contribution in [0.2, 0.25) is 0 Å². The van der Waals surface area contributed by atoms with Crippen LogP contribution in [-0.2, 0) is 9.53 Å². The number of hydrogen-bond acceptors (Lipinski definition) is 5. The third kappa shape index (κ3) is 4.17. The molecule has 1 amide bonds. The first-order valence-corrected chi connectivity index (χ1v) is 8.30. The van der Waals surface area contributed by atoms with Gasteiger partial charge in [0.15, 0.2) is 0 Å². The Hall–Kier alpha value is -1.83. The van der Waals surface area contributed by atoms with Crippen molar-refractivity contribution in [1.29, 1.82) is 0 Å². The topological polar surface area (TPSA) is 67.3 Å². The zero-order valence-electron chi connectivity index (χ0n) is 13.5. The third-order valence-corrected chi connectivity index (χ3v) is 4.68. The van der Waals surface area contributed by atoms with E-state index in [1.54, 1.807) is 18.5 Å². The van der Waals surface area contributed by atoms with Gasteiger partial charge in [0.05, 0.1) is 12.5 Å². The van der Waals surface area contributed by atoms with E-state index in [1.165, 1.54) is 4.90 Å². The van der Waals surface area contributed by atoms with Crippen LogP contribution in [0.15, 0.2) is 18.5 Å². The molecular formula is C16H22F2N4O2. The number of halogens is 2. The van der Waals surface area contributed by atoms with Crippen molar-refractivity contribution in [3.63, 3.8) is 0 Å². The predicted molar refractivity (Wildman–Crippen MR) is 83.7 cm³/mol. The van der Waals surface area contributed by atoms with Crippen molar-refractivity contribution in [1.82, 2.24) is 14.9 Å². The molecule has 0 bridgehead atoms. The van der Waals surface area contributed by atoms with E-state index in [0.717, 1.165) is 12.8 Å². The molecule has 6 nitrogen and oxygen atoms in total. The Bertz CT molecular complexity index is 552. The number of anilines is 1. The molecule has 0 aromatic carbocycles. The van der Waals surface area contributed by atoms with Crippen molar-refractivity contribution in [2.75, 3.05) is 38.2 Å². The van der Waals surface area contributed by atoms with Crippen molar-refractivity contribution in [3.05, 3.63) is 18.5 Å². The molecule has 2 aliphatic rings. The second-order valence-electron chi connectivity index (χ2n) is 6.38. The number of nitrogens with zero attached hydrogens (tertiary/aromatic N) is 3. The lowest BCUT2D eigenvalue weighted by atomic mass is 9.85. The maximum absolute atomic E-state index is 13.5. The number of alkyl halides is 2. The van der Waals surface area contributed by atoms with Gasteiger partial charge in [-0.25, -0.2) is 18.7 Å². The Morgan fingerprint density at radius 3 is 2.71 bits per heavy atom. The first kappa shape index (κ1) is 17.0. The van der Waals surface area contributed by atoms with Gasteiger partial charge in [-0.05, 0) is 24.8 Å². The number of carbonyl (C=O) groups excluding carboxylic acids is 1. The lowest BCUT2D eigenvalue weighted by molar-refractivity contribution is -0.138. The molecule has 1 aromatic heterocycles. The minimum atomic E-state index is -2.77. The van der Waals surface area contributed by atoms with Crippen molar-refractivity contribution >= 4 is 11.9 Å². The van der Waals surface area contributed by atoms with Crippen molar-refractivity contribution in [2.45, 2.75) is 25.2 Å². The summed E-state index contributed by atoms with van der Waals surface area (Å²) in [4.78, 5) is 22.3. The third-order valence-electron chi connectivity index (χ3n) is 4.68. The van der Waals surface area contributed by atoms with Crippen LogP contribution >= 0.6 is 0 Å². The first-order chi connectivity index (χ1) is 11.6. The van der Waals surface area contributed by atoms with Crippen molar-refractivity contribution in [2.24, 2.45) is 11.8 Å². The van der Waals surface area contributed by atoms with Gasteiger partial charge < -0.3 is 15.0 Å². The van der Waals surface area contributed by atoms with Gasteiger partial charge in [-0.1, -0.05) is 0 Å². The second kappa shape index (κ2) is 7.38. The summed E-state index contributed by atoms with van der Waals surface area (Å²) in [5.74, 6) is -2.79. The van der Waals surface area contributed by atoms with E-state index < -0.39 is 12.5 Å². The monoisotopic (exact) mass is 340 g/mol. The molecule has 1 N–H and O–H groups in total. The van der Waals surface area contributed by atoms with Gasteiger partial charge in [-0.15, -0.1) is 0 Å².